The van der Waals surface area contributed by atoms with E-state index in [1.54, 1.807) is 27.9 Å². The van der Waals surface area contributed by atoms with Crippen molar-refractivity contribution in [2.75, 3.05) is 20.7 Å². The van der Waals surface area contributed by atoms with Gasteiger partial charge >= 0.3 is 12.0 Å². The molecule has 0 aliphatic carbocycles. The van der Waals surface area contributed by atoms with Gasteiger partial charge in [0, 0.05) is 14.1 Å². The van der Waals surface area contributed by atoms with Crippen molar-refractivity contribution >= 4 is 17.9 Å². The highest BCUT2D eigenvalue weighted by atomic mass is 16.5. The molecule has 0 aliphatic rings. The number of carbonyl (C=O) groups excluding carboxylic acids is 3. The van der Waals surface area contributed by atoms with Gasteiger partial charge in [0.15, 0.2) is 0 Å². The van der Waals surface area contributed by atoms with Gasteiger partial charge in [-0.2, -0.15) is 0 Å². The Morgan fingerprint density at radius 1 is 1.12 bits per heavy atom. The van der Waals surface area contributed by atoms with Crippen LogP contribution in [0.5, 0.6) is 0 Å². The monoisotopic (exact) mass is 335 g/mol. The quantitative estimate of drug-likeness (QED) is 0.739. The molecule has 132 valence electrons. The van der Waals surface area contributed by atoms with E-state index >= 15 is 0 Å². The van der Waals surface area contributed by atoms with Crippen LogP contribution in [0.25, 0.3) is 0 Å². The van der Waals surface area contributed by atoms with Crippen LogP contribution in [-0.2, 0) is 14.3 Å². The molecule has 0 saturated carbocycles. The van der Waals surface area contributed by atoms with Crippen LogP contribution in [-0.4, -0.2) is 49.6 Å². The minimum absolute atomic E-state index is 0.0152. The van der Waals surface area contributed by atoms with Gasteiger partial charge in [-0.15, -0.1) is 0 Å². The molecule has 0 aliphatic heterocycles. The molecule has 0 unspecified atom stereocenters. The first-order valence-corrected chi connectivity index (χ1v) is 7.83. The summed E-state index contributed by atoms with van der Waals surface area (Å²) in [4.78, 5) is 37.1. The summed E-state index contributed by atoms with van der Waals surface area (Å²) in [6.07, 6.45) is 0.0152. The van der Waals surface area contributed by atoms with E-state index in [2.05, 4.69) is 10.6 Å². The van der Waals surface area contributed by atoms with E-state index in [-0.39, 0.29) is 18.9 Å². The van der Waals surface area contributed by atoms with E-state index in [0.717, 1.165) is 5.56 Å². The molecule has 0 saturated heterocycles. The minimum Gasteiger partial charge on any atom is -0.466 e. The van der Waals surface area contributed by atoms with Crippen molar-refractivity contribution in [2.45, 2.75) is 32.4 Å². The Bertz CT molecular complexity index is 560. The highest BCUT2D eigenvalue weighted by Gasteiger charge is 2.22. The summed E-state index contributed by atoms with van der Waals surface area (Å²) >= 11 is 0. The first-order valence-electron chi connectivity index (χ1n) is 7.83. The third kappa shape index (κ3) is 6.28. The zero-order chi connectivity index (χ0) is 18.1. The number of benzene rings is 1. The number of esters is 1. The normalized spacial score (nSPS) is 12.7. The predicted molar refractivity (Wildman–Crippen MR) is 90.3 cm³/mol. The van der Waals surface area contributed by atoms with Crippen molar-refractivity contribution in [3.63, 3.8) is 0 Å². The molecule has 7 heteroatoms. The molecule has 0 bridgehead atoms. The van der Waals surface area contributed by atoms with Crippen LogP contribution in [0.2, 0.25) is 0 Å². The van der Waals surface area contributed by atoms with Crippen LogP contribution >= 0.6 is 0 Å². The Morgan fingerprint density at radius 3 is 2.29 bits per heavy atom. The third-order valence-electron chi connectivity index (χ3n) is 3.34. The van der Waals surface area contributed by atoms with Crippen LogP contribution < -0.4 is 10.6 Å². The van der Waals surface area contributed by atoms with Gasteiger partial charge in [-0.25, -0.2) is 4.79 Å². The Balaban J connectivity index is 2.75. The van der Waals surface area contributed by atoms with E-state index in [1.807, 2.05) is 30.3 Å². The fourth-order valence-corrected chi connectivity index (χ4v) is 2.17. The second-order valence-electron chi connectivity index (χ2n) is 5.54. The molecule has 1 aromatic carbocycles. The number of nitrogens with one attached hydrogen (secondary N) is 2. The van der Waals surface area contributed by atoms with Gasteiger partial charge in [0.25, 0.3) is 0 Å². The highest BCUT2D eigenvalue weighted by Crippen LogP contribution is 2.17. The lowest BCUT2D eigenvalue weighted by Gasteiger charge is -2.22. The smallest absolute Gasteiger partial charge is 0.315 e. The van der Waals surface area contributed by atoms with Gasteiger partial charge in [0.1, 0.15) is 6.04 Å². The number of urea groups is 1. The van der Waals surface area contributed by atoms with Gasteiger partial charge < -0.3 is 20.3 Å². The summed E-state index contributed by atoms with van der Waals surface area (Å²) in [5.74, 6) is -0.615. The van der Waals surface area contributed by atoms with Crippen molar-refractivity contribution in [3.8, 4) is 0 Å². The second kappa shape index (κ2) is 9.54. The second-order valence-corrected chi connectivity index (χ2v) is 5.54. The number of likely N-dealkylation sites (N-methyl/N-ethyl adjacent to an activating group) is 1. The standard InChI is InChI=1S/C17H25N3O4/c1-5-24-15(21)11-14(13-9-7-6-8-10-13)19-17(23)18-12(2)16(22)20(3)4/h6-10,12,14H,5,11H2,1-4H3,(H2,18,19,23)/t12-,14-/m0/s1. The Hall–Kier alpha value is -2.57. The van der Waals surface area contributed by atoms with Crippen LogP contribution in [0.3, 0.4) is 0 Å². The molecule has 0 heterocycles. The van der Waals surface area contributed by atoms with Crippen molar-refractivity contribution < 1.29 is 19.1 Å². The van der Waals surface area contributed by atoms with E-state index in [1.165, 1.54) is 4.90 Å². The Kier molecular flexibility index (Phi) is 7.74. The van der Waals surface area contributed by atoms with Gasteiger partial charge in [-0.05, 0) is 19.4 Å². The van der Waals surface area contributed by atoms with Crippen LogP contribution in [0.1, 0.15) is 31.9 Å². The van der Waals surface area contributed by atoms with Gasteiger partial charge in [-0.3, -0.25) is 9.59 Å². The molecule has 7 nitrogen and oxygen atoms in total. The summed E-state index contributed by atoms with van der Waals surface area (Å²) in [6.45, 7) is 3.61. The SMILES string of the molecule is CCOC(=O)C[C@H](NC(=O)N[C@@H](C)C(=O)N(C)C)c1ccccc1. The summed E-state index contributed by atoms with van der Waals surface area (Å²) in [7, 11) is 3.23. The summed E-state index contributed by atoms with van der Waals surface area (Å²) < 4.78 is 4.95. The molecule has 3 amide bonds. The van der Waals surface area contributed by atoms with E-state index in [9.17, 15) is 14.4 Å². The fourth-order valence-electron chi connectivity index (χ4n) is 2.17. The van der Waals surface area contributed by atoms with Crippen LogP contribution in [0.15, 0.2) is 30.3 Å². The predicted octanol–water partition coefficient (Wildman–Crippen LogP) is 1.46. The number of rotatable bonds is 7. The van der Waals surface area contributed by atoms with Gasteiger partial charge in [-0.1, -0.05) is 30.3 Å². The zero-order valence-corrected chi connectivity index (χ0v) is 14.5. The lowest BCUT2D eigenvalue weighted by Crippen LogP contribution is -2.49. The Labute approximate surface area is 142 Å². The maximum absolute atomic E-state index is 12.2. The molecule has 0 spiro atoms. The topological polar surface area (TPSA) is 87.7 Å². The molecule has 0 radical (unpaired) electrons. The number of carbonyl (C=O) groups is 3. The number of nitrogens with zero attached hydrogens (tertiary/aromatic N) is 1. The first kappa shape index (κ1) is 19.5. The third-order valence-corrected chi connectivity index (χ3v) is 3.34. The van der Waals surface area contributed by atoms with Gasteiger partial charge in [0.05, 0.1) is 19.1 Å². The van der Waals surface area contributed by atoms with Crippen molar-refractivity contribution in [2.24, 2.45) is 0 Å². The van der Waals surface area contributed by atoms with Crippen LogP contribution in [0.4, 0.5) is 4.79 Å². The van der Waals surface area contributed by atoms with E-state index in [4.69, 9.17) is 4.74 Å². The van der Waals surface area contributed by atoms with Crippen LogP contribution in [0, 0.1) is 0 Å². The number of ether oxygens (including phenoxy) is 1. The van der Waals surface area contributed by atoms with E-state index < -0.39 is 24.1 Å². The molecule has 1 aromatic rings. The number of hydrogen-bond acceptors (Lipinski definition) is 4. The molecule has 1 rings (SSSR count). The summed E-state index contributed by atoms with van der Waals surface area (Å²) in [5.41, 5.74) is 0.785. The molecule has 2 atom stereocenters. The average Bonchev–Trinajstić information content (AvgIpc) is 2.54. The highest BCUT2D eigenvalue weighted by molar-refractivity contribution is 5.86. The van der Waals surface area contributed by atoms with Crippen molar-refractivity contribution in [1.29, 1.82) is 0 Å². The summed E-state index contributed by atoms with van der Waals surface area (Å²) in [5, 5.41) is 5.30. The number of amides is 3. The zero-order valence-electron chi connectivity index (χ0n) is 14.5. The maximum Gasteiger partial charge on any atom is 0.315 e. The largest absolute Gasteiger partial charge is 0.466 e. The van der Waals surface area contributed by atoms with Gasteiger partial charge in [0.2, 0.25) is 5.91 Å². The molecule has 0 fully saturated rings. The number of hydrogen-bond donors (Lipinski definition) is 2. The molecule has 2 N–H and O–H groups in total. The van der Waals surface area contributed by atoms with Crippen molar-refractivity contribution in [1.82, 2.24) is 15.5 Å². The fraction of sp³-hybridized carbons (Fsp3) is 0.471. The lowest BCUT2D eigenvalue weighted by molar-refractivity contribution is -0.143. The minimum atomic E-state index is -0.668. The summed E-state index contributed by atoms with van der Waals surface area (Å²) in [6, 6.07) is 7.41. The van der Waals surface area contributed by atoms with E-state index in [0.29, 0.717) is 0 Å². The maximum atomic E-state index is 12.2. The Morgan fingerprint density at radius 2 is 1.75 bits per heavy atom. The van der Waals surface area contributed by atoms with Crippen molar-refractivity contribution in [3.05, 3.63) is 35.9 Å². The lowest BCUT2D eigenvalue weighted by atomic mass is 10.0. The molecular weight excluding hydrogens is 310 g/mol. The average molecular weight is 335 g/mol. The first-order chi connectivity index (χ1) is 11.3. The molecular formula is C17H25N3O4. The molecule has 0 aromatic heterocycles. The molecule has 24 heavy (non-hydrogen) atoms.